The normalized spacial score (nSPS) is 24.6. The van der Waals surface area contributed by atoms with Crippen molar-refractivity contribution < 1.29 is 9.47 Å². The van der Waals surface area contributed by atoms with E-state index in [-0.39, 0.29) is 0 Å². The number of likely N-dealkylation sites (tertiary alicyclic amines) is 1. The maximum atomic E-state index is 5.45. The molecule has 152 valence electrons. The number of nitrogens with zero attached hydrogens (tertiary/aromatic N) is 4. The Morgan fingerprint density at radius 1 is 1.14 bits per heavy atom. The van der Waals surface area contributed by atoms with E-state index >= 15 is 0 Å². The lowest BCUT2D eigenvalue weighted by atomic mass is 9.79. The number of hydrogen-bond donors (Lipinski definition) is 0. The van der Waals surface area contributed by atoms with Crippen LogP contribution < -0.4 is 9.47 Å². The maximum Gasteiger partial charge on any atom is 0.319 e. The van der Waals surface area contributed by atoms with Gasteiger partial charge in [-0.05, 0) is 56.8 Å². The number of ether oxygens (including phenoxy) is 2. The molecule has 0 N–H and O–H groups in total. The van der Waals surface area contributed by atoms with E-state index in [1.807, 2.05) is 11.3 Å². The molecule has 6 nitrogen and oxygen atoms in total. The van der Waals surface area contributed by atoms with E-state index in [0.717, 1.165) is 28.7 Å². The quantitative estimate of drug-likeness (QED) is 0.617. The number of aromatic nitrogens is 3. The van der Waals surface area contributed by atoms with Crippen LogP contribution in [-0.4, -0.2) is 52.7 Å². The molecule has 0 bridgehead atoms. The highest BCUT2D eigenvalue weighted by molar-refractivity contribution is 7.18. The van der Waals surface area contributed by atoms with Gasteiger partial charge in [-0.1, -0.05) is 6.07 Å². The minimum absolute atomic E-state index is 0.304. The Bertz CT molecular complexity index is 1030. The van der Waals surface area contributed by atoms with Crippen LogP contribution in [0.3, 0.4) is 0 Å². The molecule has 1 atom stereocenters. The molecule has 3 heterocycles. The van der Waals surface area contributed by atoms with Crippen molar-refractivity contribution in [2.24, 2.45) is 0 Å². The highest BCUT2D eigenvalue weighted by Gasteiger charge is 2.39. The number of rotatable bonds is 5. The second-order valence-corrected chi connectivity index (χ2v) is 9.13. The summed E-state index contributed by atoms with van der Waals surface area (Å²) in [6.45, 7) is 3.64. The van der Waals surface area contributed by atoms with Gasteiger partial charge in [0.25, 0.3) is 0 Å². The van der Waals surface area contributed by atoms with Gasteiger partial charge in [0.15, 0.2) is 0 Å². The van der Waals surface area contributed by atoms with Gasteiger partial charge in [-0.25, -0.2) is 9.97 Å². The number of thiazole rings is 1. The molecule has 0 amide bonds. The van der Waals surface area contributed by atoms with E-state index in [2.05, 4.69) is 40.0 Å². The number of benzene rings is 1. The Hall–Kier alpha value is -2.25. The van der Waals surface area contributed by atoms with Gasteiger partial charge in [-0.3, -0.25) is 4.90 Å². The zero-order valence-electron chi connectivity index (χ0n) is 17.1. The molecule has 0 spiro atoms. The van der Waals surface area contributed by atoms with Crippen LogP contribution in [0.1, 0.15) is 43.5 Å². The van der Waals surface area contributed by atoms with Gasteiger partial charge >= 0.3 is 6.01 Å². The summed E-state index contributed by atoms with van der Waals surface area (Å²) in [4.78, 5) is 16.2. The molecule has 5 rings (SSSR count). The van der Waals surface area contributed by atoms with Crippen molar-refractivity contribution >= 4 is 21.6 Å². The third-order valence-electron chi connectivity index (χ3n) is 6.36. The molecule has 0 unspecified atom stereocenters. The third-order valence-corrected chi connectivity index (χ3v) is 7.54. The zero-order valence-corrected chi connectivity index (χ0v) is 17.9. The largest absolute Gasteiger partial charge is 0.480 e. The fraction of sp³-hybridized carbons (Fsp3) is 0.500. The Labute approximate surface area is 174 Å². The monoisotopic (exact) mass is 410 g/mol. The number of hydrogen-bond acceptors (Lipinski definition) is 7. The molecule has 1 saturated heterocycles. The summed E-state index contributed by atoms with van der Waals surface area (Å²) >= 11 is 1.82. The lowest BCUT2D eigenvalue weighted by molar-refractivity contribution is 0.103. The van der Waals surface area contributed by atoms with Crippen LogP contribution in [0, 0.1) is 0 Å². The SMILES string of the molecule is COc1ncc(-c2ccc3nc(C4CC(N5CCC[C@H]5C)C4)sc3c2)c(OC)n1. The first kappa shape index (κ1) is 18.8. The second-order valence-electron chi connectivity index (χ2n) is 8.07. The van der Waals surface area contributed by atoms with Gasteiger partial charge in [-0.2, -0.15) is 4.98 Å². The second kappa shape index (κ2) is 7.54. The average Bonchev–Trinajstić information content (AvgIpc) is 3.32. The van der Waals surface area contributed by atoms with Gasteiger partial charge in [0.1, 0.15) is 0 Å². The van der Waals surface area contributed by atoms with Crippen molar-refractivity contribution in [3.8, 4) is 23.0 Å². The first-order valence-corrected chi connectivity index (χ1v) is 11.1. The highest BCUT2D eigenvalue weighted by Crippen LogP contribution is 2.44. The van der Waals surface area contributed by atoms with Gasteiger partial charge < -0.3 is 9.47 Å². The molecule has 3 aromatic rings. The zero-order chi connectivity index (χ0) is 20.0. The molecule has 1 saturated carbocycles. The van der Waals surface area contributed by atoms with Crippen molar-refractivity contribution in [1.29, 1.82) is 0 Å². The predicted octanol–water partition coefficient (Wildman–Crippen LogP) is 4.50. The first-order chi connectivity index (χ1) is 14.2. The molecule has 2 aliphatic rings. The Balaban J connectivity index is 1.37. The molecular weight excluding hydrogens is 384 g/mol. The third kappa shape index (κ3) is 3.36. The molecule has 1 aliphatic heterocycles. The molecule has 1 aliphatic carbocycles. The molecule has 7 heteroatoms. The first-order valence-electron chi connectivity index (χ1n) is 10.3. The van der Waals surface area contributed by atoms with E-state index < -0.39 is 0 Å². The Morgan fingerprint density at radius 3 is 2.72 bits per heavy atom. The van der Waals surface area contributed by atoms with Crippen molar-refractivity contribution in [3.63, 3.8) is 0 Å². The minimum Gasteiger partial charge on any atom is -0.480 e. The van der Waals surface area contributed by atoms with E-state index in [9.17, 15) is 0 Å². The van der Waals surface area contributed by atoms with Crippen molar-refractivity contribution in [2.75, 3.05) is 20.8 Å². The molecule has 1 aromatic carbocycles. The maximum absolute atomic E-state index is 5.45. The lowest BCUT2D eigenvalue weighted by Gasteiger charge is -2.42. The minimum atomic E-state index is 0.304. The van der Waals surface area contributed by atoms with E-state index in [1.54, 1.807) is 20.4 Å². The number of fused-ring (bicyclic) bond motifs is 1. The Morgan fingerprint density at radius 2 is 2.00 bits per heavy atom. The molecule has 2 aromatic heterocycles. The Kier molecular flexibility index (Phi) is 4.87. The van der Waals surface area contributed by atoms with Gasteiger partial charge in [-0.15, -0.1) is 11.3 Å². The molecular formula is C22H26N4O2S. The summed E-state index contributed by atoms with van der Waals surface area (Å²) in [5, 5.41) is 1.28. The van der Waals surface area contributed by atoms with Gasteiger partial charge in [0.2, 0.25) is 5.88 Å². The van der Waals surface area contributed by atoms with Crippen LogP contribution in [0.4, 0.5) is 0 Å². The van der Waals surface area contributed by atoms with Crippen molar-refractivity contribution in [3.05, 3.63) is 29.4 Å². The summed E-state index contributed by atoms with van der Waals surface area (Å²) in [5.74, 6) is 1.12. The summed E-state index contributed by atoms with van der Waals surface area (Å²) in [5.41, 5.74) is 2.96. The van der Waals surface area contributed by atoms with Crippen molar-refractivity contribution in [1.82, 2.24) is 19.9 Å². The van der Waals surface area contributed by atoms with Crippen LogP contribution >= 0.6 is 11.3 Å². The predicted molar refractivity (Wildman–Crippen MR) is 115 cm³/mol. The fourth-order valence-corrected chi connectivity index (χ4v) is 5.78. The number of methoxy groups -OCH3 is 2. The smallest absolute Gasteiger partial charge is 0.319 e. The van der Waals surface area contributed by atoms with E-state index in [1.165, 1.54) is 41.9 Å². The molecule has 29 heavy (non-hydrogen) atoms. The van der Waals surface area contributed by atoms with E-state index in [0.29, 0.717) is 17.8 Å². The molecule has 0 radical (unpaired) electrons. The standard InChI is InChI=1S/C22H26N4O2S/c1-13-5-4-8-26(13)16-9-15(10-16)21-24-18-7-6-14(11-19(18)29-21)17-12-23-22(28-3)25-20(17)27-2/h6-7,11-13,15-16H,4-5,8-10H2,1-3H3/t13-,15?,16?/m1/s1. The van der Waals surface area contributed by atoms with Crippen LogP contribution in [0.15, 0.2) is 24.4 Å². The van der Waals surface area contributed by atoms with Crippen LogP contribution in [-0.2, 0) is 0 Å². The summed E-state index contributed by atoms with van der Waals surface area (Å²) in [6, 6.07) is 8.13. The molecule has 2 fully saturated rings. The van der Waals surface area contributed by atoms with Crippen molar-refractivity contribution in [2.45, 2.75) is 50.6 Å². The summed E-state index contributed by atoms with van der Waals surface area (Å²) in [7, 11) is 3.16. The topological polar surface area (TPSA) is 60.4 Å². The average molecular weight is 411 g/mol. The fourth-order valence-electron chi connectivity index (χ4n) is 4.65. The van der Waals surface area contributed by atoms with Crippen LogP contribution in [0.25, 0.3) is 21.3 Å². The van der Waals surface area contributed by atoms with Crippen LogP contribution in [0.2, 0.25) is 0 Å². The summed E-state index contributed by atoms with van der Waals surface area (Å²) in [6.07, 6.45) is 6.95. The van der Waals surface area contributed by atoms with Gasteiger partial charge in [0.05, 0.1) is 35.0 Å². The van der Waals surface area contributed by atoms with E-state index in [4.69, 9.17) is 14.5 Å². The van der Waals surface area contributed by atoms with Gasteiger partial charge in [0, 0.05) is 24.2 Å². The summed E-state index contributed by atoms with van der Waals surface area (Å²) < 4.78 is 11.8. The van der Waals surface area contributed by atoms with Crippen LogP contribution in [0.5, 0.6) is 11.9 Å². The lowest BCUT2D eigenvalue weighted by Crippen LogP contribution is -2.45. The highest BCUT2D eigenvalue weighted by atomic mass is 32.1.